The number of aromatic amines is 1. The van der Waals surface area contributed by atoms with Crippen LogP contribution in [0, 0.1) is 0 Å². The van der Waals surface area contributed by atoms with Gasteiger partial charge in [0, 0.05) is 56.3 Å². The molecule has 6 heteroatoms. The molecule has 3 aromatic rings. The number of H-pyrrole nitrogens is 1. The van der Waals surface area contributed by atoms with E-state index in [9.17, 15) is 4.79 Å². The minimum atomic E-state index is 0.00266. The van der Waals surface area contributed by atoms with Crippen LogP contribution >= 0.6 is 0 Å². The van der Waals surface area contributed by atoms with Crippen LogP contribution in [0.4, 0.5) is 0 Å². The van der Waals surface area contributed by atoms with Crippen molar-refractivity contribution in [2.24, 2.45) is 7.05 Å². The third-order valence-corrected chi connectivity index (χ3v) is 5.06. The lowest BCUT2D eigenvalue weighted by molar-refractivity contribution is 0.241. The monoisotopic (exact) mass is 363 g/mol. The van der Waals surface area contributed by atoms with E-state index in [1.54, 1.807) is 0 Å². The molecule has 0 radical (unpaired) electrons. The fourth-order valence-corrected chi connectivity index (χ4v) is 3.64. The molecule has 1 aliphatic rings. The van der Waals surface area contributed by atoms with Crippen LogP contribution in [-0.2, 0) is 26.6 Å². The van der Waals surface area contributed by atoms with Gasteiger partial charge in [0.25, 0.3) is 5.56 Å². The summed E-state index contributed by atoms with van der Waals surface area (Å²) in [5.41, 5.74) is 5.06. The molecule has 4 rings (SSSR count). The van der Waals surface area contributed by atoms with Crippen molar-refractivity contribution in [2.75, 3.05) is 6.54 Å². The van der Waals surface area contributed by atoms with Crippen molar-refractivity contribution in [3.05, 3.63) is 69.5 Å². The maximum Gasteiger partial charge on any atom is 0.255 e. The van der Waals surface area contributed by atoms with Crippen LogP contribution < -0.4 is 5.56 Å². The zero-order valence-corrected chi connectivity index (χ0v) is 16.1. The summed E-state index contributed by atoms with van der Waals surface area (Å²) in [4.78, 5) is 22.5. The molecule has 1 aliphatic heterocycles. The van der Waals surface area contributed by atoms with E-state index in [4.69, 9.17) is 0 Å². The van der Waals surface area contributed by atoms with Gasteiger partial charge in [-0.3, -0.25) is 14.4 Å². The SMILES string of the molecule is CC(C)c1nc2c(c(=O)[nH]1)CN(Cc1cn(C)nc1-c1ccccc1)CC2. The van der Waals surface area contributed by atoms with E-state index in [2.05, 4.69) is 38.3 Å². The van der Waals surface area contributed by atoms with Gasteiger partial charge in [0.15, 0.2) is 0 Å². The minimum absolute atomic E-state index is 0.00266. The van der Waals surface area contributed by atoms with Gasteiger partial charge >= 0.3 is 0 Å². The summed E-state index contributed by atoms with van der Waals surface area (Å²) in [6.07, 6.45) is 2.88. The second-order valence-electron chi connectivity index (χ2n) is 7.53. The Morgan fingerprint density at radius 1 is 1.22 bits per heavy atom. The predicted molar refractivity (Wildman–Crippen MR) is 105 cm³/mol. The molecule has 0 saturated carbocycles. The second-order valence-corrected chi connectivity index (χ2v) is 7.53. The highest BCUT2D eigenvalue weighted by molar-refractivity contribution is 5.62. The third kappa shape index (κ3) is 3.57. The maximum atomic E-state index is 12.5. The first-order valence-corrected chi connectivity index (χ1v) is 9.43. The number of nitrogens with one attached hydrogen (secondary N) is 1. The van der Waals surface area contributed by atoms with Crippen molar-refractivity contribution in [1.29, 1.82) is 0 Å². The lowest BCUT2D eigenvalue weighted by Crippen LogP contribution is -2.36. The highest BCUT2D eigenvalue weighted by Gasteiger charge is 2.23. The van der Waals surface area contributed by atoms with E-state index < -0.39 is 0 Å². The van der Waals surface area contributed by atoms with Crippen LogP contribution in [-0.4, -0.2) is 31.2 Å². The molecule has 27 heavy (non-hydrogen) atoms. The van der Waals surface area contributed by atoms with Gasteiger partial charge in [-0.05, 0) is 0 Å². The van der Waals surface area contributed by atoms with Crippen molar-refractivity contribution >= 4 is 0 Å². The van der Waals surface area contributed by atoms with Gasteiger partial charge in [0.05, 0.1) is 17.0 Å². The molecule has 0 atom stereocenters. The summed E-state index contributed by atoms with van der Waals surface area (Å²) in [6, 6.07) is 10.2. The molecule has 1 N–H and O–H groups in total. The van der Waals surface area contributed by atoms with Gasteiger partial charge in [-0.25, -0.2) is 4.98 Å². The summed E-state index contributed by atoms with van der Waals surface area (Å²) in [6.45, 7) is 6.38. The number of nitrogens with zero attached hydrogens (tertiary/aromatic N) is 4. The predicted octanol–water partition coefficient (Wildman–Crippen LogP) is 2.85. The fourth-order valence-electron chi connectivity index (χ4n) is 3.64. The zero-order valence-electron chi connectivity index (χ0n) is 16.1. The van der Waals surface area contributed by atoms with Crippen LogP contribution in [0.15, 0.2) is 41.3 Å². The molecule has 0 aliphatic carbocycles. The van der Waals surface area contributed by atoms with Crippen molar-refractivity contribution < 1.29 is 0 Å². The standard InChI is InChI=1S/C21H25N5O/c1-14(2)20-22-18-9-10-26(13-17(18)21(27)23-20)12-16-11-25(3)24-19(16)15-7-5-4-6-8-15/h4-8,11,14H,9-10,12-13H2,1-3H3,(H,22,23,27). The summed E-state index contributed by atoms with van der Waals surface area (Å²) >= 11 is 0. The number of rotatable bonds is 4. The Morgan fingerprint density at radius 2 is 2.00 bits per heavy atom. The number of hydrogen-bond acceptors (Lipinski definition) is 4. The van der Waals surface area contributed by atoms with Crippen LogP contribution in [0.1, 0.15) is 42.4 Å². The van der Waals surface area contributed by atoms with E-state index in [1.165, 1.54) is 5.56 Å². The van der Waals surface area contributed by atoms with Crippen LogP contribution in [0.2, 0.25) is 0 Å². The van der Waals surface area contributed by atoms with E-state index in [0.717, 1.165) is 47.8 Å². The quantitative estimate of drug-likeness (QED) is 0.774. The molecular formula is C21H25N5O. The van der Waals surface area contributed by atoms with Crippen molar-refractivity contribution in [1.82, 2.24) is 24.6 Å². The topological polar surface area (TPSA) is 66.8 Å². The molecule has 1 aromatic carbocycles. The highest BCUT2D eigenvalue weighted by atomic mass is 16.1. The summed E-state index contributed by atoms with van der Waals surface area (Å²) < 4.78 is 1.86. The van der Waals surface area contributed by atoms with E-state index in [-0.39, 0.29) is 11.5 Å². The Morgan fingerprint density at radius 3 is 2.74 bits per heavy atom. The third-order valence-electron chi connectivity index (χ3n) is 5.06. The van der Waals surface area contributed by atoms with Crippen LogP contribution in [0.5, 0.6) is 0 Å². The highest BCUT2D eigenvalue weighted by Crippen LogP contribution is 2.25. The number of hydrogen-bond donors (Lipinski definition) is 1. The second kappa shape index (κ2) is 7.12. The van der Waals surface area contributed by atoms with Gasteiger partial charge in [-0.1, -0.05) is 44.2 Å². The van der Waals surface area contributed by atoms with Crippen molar-refractivity contribution in [2.45, 2.75) is 39.3 Å². The molecular weight excluding hydrogens is 338 g/mol. The van der Waals surface area contributed by atoms with E-state index in [1.807, 2.05) is 43.8 Å². The molecule has 6 nitrogen and oxygen atoms in total. The summed E-state index contributed by atoms with van der Waals surface area (Å²) in [5, 5.41) is 4.65. The average Bonchev–Trinajstić information content (AvgIpc) is 3.03. The van der Waals surface area contributed by atoms with Gasteiger partial charge in [-0.2, -0.15) is 5.10 Å². The number of aryl methyl sites for hydroxylation is 1. The number of fused-ring (bicyclic) bond motifs is 1. The number of aromatic nitrogens is 4. The Balaban J connectivity index is 1.59. The Hall–Kier alpha value is -2.73. The molecule has 0 spiro atoms. The van der Waals surface area contributed by atoms with Crippen LogP contribution in [0.25, 0.3) is 11.3 Å². The lowest BCUT2D eigenvalue weighted by Gasteiger charge is -2.27. The molecule has 2 aromatic heterocycles. The zero-order chi connectivity index (χ0) is 19.0. The molecule has 0 unspecified atom stereocenters. The Labute approximate surface area is 158 Å². The minimum Gasteiger partial charge on any atom is -0.310 e. The molecule has 0 amide bonds. The van der Waals surface area contributed by atoms with Gasteiger partial charge in [-0.15, -0.1) is 0 Å². The Bertz CT molecular complexity index is 1000. The molecule has 140 valence electrons. The molecule has 0 bridgehead atoms. The molecule has 0 fully saturated rings. The smallest absolute Gasteiger partial charge is 0.255 e. The first kappa shape index (κ1) is 17.7. The van der Waals surface area contributed by atoms with Crippen LogP contribution in [0.3, 0.4) is 0 Å². The van der Waals surface area contributed by atoms with Gasteiger partial charge < -0.3 is 4.98 Å². The fraction of sp³-hybridized carbons (Fsp3) is 0.381. The van der Waals surface area contributed by atoms with Gasteiger partial charge in [0.2, 0.25) is 0 Å². The summed E-state index contributed by atoms with van der Waals surface area (Å²) in [5.74, 6) is 1.01. The largest absolute Gasteiger partial charge is 0.310 e. The lowest BCUT2D eigenvalue weighted by atomic mass is 10.0. The molecule has 3 heterocycles. The number of benzene rings is 1. The Kier molecular flexibility index (Phi) is 4.66. The van der Waals surface area contributed by atoms with Crippen molar-refractivity contribution in [3.8, 4) is 11.3 Å². The summed E-state index contributed by atoms with van der Waals surface area (Å²) in [7, 11) is 1.95. The first-order chi connectivity index (χ1) is 13.0. The average molecular weight is 363 g/mol. The first-order valence-electron chi connectivity index (χ1n) is 9.43. The van der Waals surface area contributed by atoms with Gasteiger partial charge in [0.1, 0.15) is 5.82 Å². The van der Waals surface area contributed by atoms with E-state index >= 15 is 0 Å². The normalized spacial score (nSPS) is 14.5. The van der Waals surface area contributed by atoms with E-state index in [0.29, 0.717) is 6.54 Å². The van der Waals surface area contributed by atoms with Crippen molar-refractivity contribution in [3.63, 3.8) is 0 Å². The molecule has 0 saturated heterocycles. The maximum absolute atomic E-state index is 12.5.